The molecule has 0 unspecified atom stereocenters. The van der Waals surface area contributed by atoms with E-state index >= 15 is 0 Å². The van der Waals surface area contributed by atoms with Crippen LogP contribution in [0.5, 0.6) is 0 Å². The van der Waals surface area contributed by atoms with Crippen LogP contribution < -0.4 is 0 Å². The van der Waals surface area contributed by atoms with Crippen LogP contribution >= 0.6 is 27.5 Å². The quantitative estimate of drug-likeness (QED) is 0.769. The summed E-state index contributed by atoms with van der Waals surface area (Å²) in [4.78, 5) is 0. The van der Waals surface area contributed by atoms with Crippen LogP contribution in [0.4, 0.5) is 0 Å². The van der Waals surface area contributed by atoms with Crippen LogP contribution in [-0.2, 0) is 5.33 Å². The maximum atomic E-state index is 5.98. The van der Waals surface area contributed by atoms with Crippen molar-refractivity contribution in [3.63, 3.8) is 0 Å². The summed E-state index contributed by atoms with van der Waals surface area (Å²) in [6.07, 6.45) is 1.79. The van der Waals surface area contributed by atoms with Gasteiger partial charge >= 0.3 is 0 Å². The Bertz CT molecular complexity index is 479. The van der Waals surface area contributed by atoms with Gasteiger partial charge in [0.2, 0.25) is 0 Å². The summed E-state index contributed by atoms with van der Waals surface area (Å²) in [5.74, 6) is 0. The highest BCUT2D eigenvalue weighted by atomic mass is 79.9. The van der Waals surface area contributed by atoms with Crippen molar-refractivity contribution in [1.29, 1.82) is 0 Å². The number of nitrogens with zero attached hydrogens (tertiary/aromatic N) is 2. The number of alkyl halides is 1. The van der Waals surface area contributed by atoms with Crippen LogP contribution in [0.2, 0.25) is 5.02 Å². The number of hydrogen-bond acceptors (Lipinski definition) is 1. The zero-order valence-electron chi connectivity index (χ0n) is 8.24. The van der Waals surface area contributed by atoms with Gasteiger partial charge in [0, 0.05) is 16.5 Å². The largest absolute Gasteiger partial charge is 0.237 e. The molecule has 0 saturated carbocycles. The van der Waals surface area contributed by atoms with Gasteiger partial charge in [0.1, 0.15) is 0 Å². The van der Waals surface area contributed by atoms with Crippen LogP contribution in [0.25, 0.3) is 5.69 Å². The van der Waals surface area contributed by atoms with Crippen molar-refractivity contribution in [3.05, 3.63) is 46.7 Å². The van der Waals surface area contributed by atoms with Crippen LogP contribution in [0.1, 0.15) is 11.3 Å². The molecule has 0 aliphatic rings. The van der Waals surface area contributed by atoms with E-state index in [-0.39, 0.29) is 0 Å². The first-order valence-electron chi connectivity index (χ1n) is 4.58. The Kier molecular flexibility index (Phi) is 3.12. The van der Waals surface area contributed by atoms with Gasteiger partial charge in [-0.3, -0.25) is 0 Å². The minimum atomic E-state index is 0.728. The van der Waals surface area contributed by atoms with Gasteiger partial charge in [0.15, 0.2) is 0 Å². The normalized spacial score (nSPS) is 10.6. The SMILES string of the molecule is Cc1ccc(Cl)cc1-n1nccc1CBr. The predicted molar refractivity (Wildman–Crippen MR) is 65.9 cm³/mol. The van der Waals surface area contributed by atoms with E-state index in [1.807, 2.05) is 35.9 Å². The second-order valence-corrected chi connectivity index (χ2v) is 4.30. The molecule has 1 heterocycles. The lowest BCUT2D eigenvalue weighted by Gasteiger charge is -2.09. The molecular formula is C11H10BrClN2. The summed E-state index contributed by atoms with van der Waals surface area (Å²) in [5.41, 5.74) is 3.30. The summed E-state index contributed by atoms with van der Waals surface area (Å²) >= 11 is 9.41. The molecule has 0 amide bonds. The Morgan fingerprint density at radius 3 is 2.93 bits per heavy atom. The summed E-state index contributed by atoms with van der Waals surface area (Å²) in [5, 5.41) is 5.79. The molecule has 2 nitrogen and oxygen atoms in total. The van der Waals surface area contributed by atoms with Gasteiger partial charge in [-0.1, -0.05) is 33.6 Å². The lowest BCUT2D eigenvalue weighted by Crippen LogP contribution is -2.02. The molecule has 0 radical (unpaired) electrons. The number of rotatable bonds is 2. The van der Waals surface area contributed by atoms with E-state index in [4.69, 9.17) is 11.6 Å². The predicted octanol–water partition coefficient (Wildman–Crippen LogP) is 3.73. The molecule has 0 fully saturated rings. The highest BCUT2D eigenvalue weighted by Crippen LogP contribution is 2.21. The van der Waals surface area contributed by atoms with Crippen molar-refractivity contribution in [2.75, 3.05) is 0 Å². The van der Waals surface area contributed by atoms with E-state index in [9.17, 15) is 0 Å². The molecule has 0 N–H and O–H groups in total. The summed E-state index contributed by atoms with van der Waals surface area (Å²) in [7, 11) is 0. The van der Waals surface area contributed by atoms with Crippen molar-refractivity contribution >= 4 is 27.5 Å². The summed E-state index contributed by atoms with van der Waals surface area (Å²) in [6, 6.07) is 7.79. The number of benzene rings is 1. The van der Waals surface area contributed by atoms with Crippen molar-refractivity contribution in [3.8, 4) is 5.69 Å². The molecule has 15 heavy (non-hydrogen) atoms. The highest BCUT2D eigenvalue weighted by Gasteiger charge is 2.06. The molecule has 0 saturated heterocycles. The Morgan fingerprint density at radius 1 is 1.40 bits per heavy atom. The van der Waals surface area contributed by atoms with Crippen molar-refractivity contribution in [2.45, 2.75) is 12.3 Å². The fraction of sp³-hybridized carbons (Fsp3) is 0.182. The van der Waals surface area contributed by atoms with Crippen molar-refractivity contribution < 1.29 is 0 Å². The molecule has 0 aliphatic heterocycles. The fourth-order valence-electron chi connectivity index (χ4n) is 1.46. The maximum absolute atomic E-state index is 5.98. The van der Waals surface area contributed by atoms with E-state index in [1.165, 1.54) is 0 Å². The molecule has 78 valence electrons. The van der Waals surface area contributed by atoms with E-state index in [0.29, 0.717) is 0 Å². The molecule has 1 aromatic heterocycles. The van der Waals surface area contributed by atoms with Gasteiger partial charge in [0.25, 0.3) is 0 Å². The molecule has 4 heteroatoms. The van der Waals surface area contributed by atoms with Gasteiger partial charge in [-0.25, -0.2) is 4.68 Å². The number of aryl methyl sites for hydroxylation is 1. The Balaban J connectivity index is 2.58. The zero-order chi connectivity index (χ0) is 10.8. The smallest absolute Gasteiger partial charge is 0.0693 e. The lowest BCUT2D eigenvalue weighted by molar-refractivity contribution is 0.837. The van der Waals surface area contributed by atoms with E-state index in [2.05, 4.69) is 21.0 Å². The van der Waals surface area contributed by atoms with Crippen LogP contribution in [0, 0.1) is 6.92 Å². The van der Waals surface area contributed by atoms with Crippen molar-refractivity contribution in [2.24, 2.45) is 0 Å². The first kappa shape index (κ1) is 10.7. The molecule has 0 bridgehead atoms. The molecule has 0 spiro atoms. The standard InChI is InChI=1S/C11H10BrClN2/c1-8-2-3-9(13)6-11(8)15-10(7-12)4-5-14-15/h2-6H,7H2,1H3. The lowest BCUT2D eigenvalue weighted by atomic mass is 10.2. The third-order valence-electron chi connectivity index (χ3n) is 2.26. The van der Waals surface area contributed by atoms with Gasteiger partial charge in [-0.2, -0.15) is 5.10 Å². The molecule has 1 aromatic carbocycles. The van der Waals surface area contributed by atoms with Gasteiger partial charge in [-0.15, -0.1) is 0 Å². The molecule has 2 rings (SSSR count). The van der Waals surface area contributed by atoms with Crippen LogP contribution in [0.15, 0.2) is 30.5 Å². The van der Waals surface area contributed by atoms with E-state index < -0.39 is 0 Å². The van der Waals surface area contributed by atoms with Crippen LogP contribution in [0.3, 0.4) is 0 Å². The zero-order valence-corrected chi connectivity index (χ0v) is 10.6. The van der Waals surface area contributed by atoms with Crippen molar-refractivity contribution in [1.82, 2.24) is 9.78 Å². The Labute approximate surface area is 102 Å². The first-order chi connectivity index (χ1) is 7.22. The second-order valence-electron chi connectivity index (χ2n) is 3.30. The minimum absolute atomic E-state index is 0.728. The van der Waals surface area contributed by atoms with Gasteiger partial charge in [-0.05, 0) is 30.7 Å². The average Bonchev–Trinajstić information content (AvgIpc) is 2.69. The molecule has 2 aromatic rings. The topological polar surface area (TPSA) is 17.8 Å². The second kappa shape index (κ2) is 4.37. The number of halogens is 2. The Hall–Kier alpha value is -0.800. The maximum Gasteiger partial charge on any atom is 0.0693 e. The van der Waals surface area contributed by atoms with E-state index in [0.717, 1.165) is 27.3 Å². The van der Waals surface area contributed by atoms with Gasteiger partial charge < -0.3 is 0 Å². The molecular weight excluding hydrogens is 275 g/mol. The minimum Gasteiger partial charge on any atom is -0.237 e. The molecule has 0 aliphatic carbocycles. The highest BCUT2D eigenvalue weighted by molar-refractivity contribution is 9.08. The monoisotopic (exact) mass is 284 g/mol. The fourth-order valence-corrected chi connectivity index (χ4v) is 2.05. The van der Waals surface area contributed by atoms with Gasteiger partial charge in [0.05, 0.1) is 11.4 Å². The summed E-state index contributed by atoms with van der Waals surface area (Å²) in [6.45, 7) is 2.05. The first-order valence-corrected chi connectivity index (χ1v) is 6.07. The third-order valence-corrected chi connectivity index (χ3v) is 3.07. The third kappa shape index (κ3) is 2.08. The molecule has 0 atom stereocenters. The number of hydrogen-bond donors (Lipinski definition) is 0. The number of aromatic nitrogens is 2. The van der Waals surface area contributed by atoms with Crippen LogP contribution in [-0.4, -0.2) is 9.78 Å². The average molecular weight is 286 g/mol. The summed E-state index contributed by atoms with van der Waals surface area (Å²) < 4.78 is 1.90. The van der Waals surface area contributed by atoms with E-state index in [1.54, 1.807) is 6.20 Å². The Morgan fingerprint density at radius 2 is 2.20 bits per heavy atom.